The molecular formula is C20H16F4N2OS. The Labute approximate surface area is 163 Å². The van der Waals surface area contributed by atoms with Gasteiger partial charge in [-0.2, -0.15) is 13.2 Å². The van der Waals surface area contributed by atoms with Gasteiger partial charge in [0.15, 0.2) is 0 Å². The first-order valence-electron chi connectivity index (χ1n) is 8.42. The molecule has 3 rings (SSSR count). The van der Waals surface area contributed by atoms with E-state index in [0.717, 1.165) is 45.4 Å². The van der Waals surface area contributed by atoms with Gasteiger partial charge in [0.1, 0.15) is 10.8 Å². The number of hydrogen-bond donors (Lipinski definition) is 1. The van der Waals surface area contributed by atoms with Crippen LogP contribution >= 0.6 is 11.3 Å². The molecule has 28 heavy (non-hydrogen) atoms. The lowest BCUT2D eigenvalue weighted by Gasteiger charge is -2.08. The van der Waals surface area contributed by atoms with Crippen molar-refractivity contribution in [3.05, 3.63) is 76.0 Å². The van der Waals surface area contributed by atoms with Gasteiger partial charge in [-0.3, -0.25) is 4.79 Å². The summed E-state index contributed by atoms with van der Waals surface area (Å²) in [4.78, 5) is 17.6. The maximum atomic E-state index is 13.0. The van der Waals surface area contributed by atoms with E-state index in [-0.39, 0.29) is 11.4 Å². The molecule has 3 nitrogen and oxygen atoms in total. The third-order valence-corrected chi connectivity index (χ3v) is 5.36. The highest BCUT2D eigenvalue weighted by Crippen LogP contribution is 2.29. The molecule has 146 valence electrons. The van der Waals surface area contributed by atoms with Gasteiger partial charge in [-0.25, -0.2) is 9.37 Å². The summed E-state index contributed by atoms with van der Waals surface area (Å²) >= 11 is 1.46. The summed E-state index contributed by atoms with van der Waals surface area (Å²) in [5, 5.41) is 3.46. The van der Waals surface area contributed by atoms with Crippen LogP contribution in [0.2, 0.25) is 0 Å². The molecular weight excluding hydrogens is 392 g/mol. The molecule has 0 aliphatic rings. The first-order chi connectivity index (χ1) is 13.2. The molecule has 0 bridgehead atoms. The van der Waals surface area contributed by atoms with Crippen LogP contribution in [0.3, 0.4) is 0 Å². The van der Waals surface area contributed by atoms with Gasteiger partial charge < -0.3 is 5.32 Å². The Morgan fingerprint density at radius 2 is 1.71 bits per heavy atom. The number of alkyl halides is 3. The number of thiazole rings is 1. The third kappa shape index (κ3) is 4.75. The van der Waals surface area contributed by atoms with Crippen molar-refractivity contribution in [2.24, 2.45) is 0 Å². The van der Waals surface area contributed by atoms with E-state index < -0.39 is 17.6 Å². The van der Waals surface area contributed by atoms with E-state index in [9.17, 15) is 22.4 Å². The second-order valence-electron chi connectivity index (χ2n) is 6.12. The Balaban J connectivity index is 1.59. The van der Waals surface area contributed by atoms with Gasteiger partial charge in [0.25, 0.3) is 5.91 Å². The Hall–Kier alpha value is -2.74. The summed E-state index contributed by atoms with van der Waals surface area (Å²) in [6.45, 7) is 2.18. The zero-order valence-electron chi connectivity index (χ0n) is 14.8. The smallest absolute Gasteiger partial charge is 0.352 e. The third-order valence-electron chi connectivity index (χ3n) is 4.10. The average molecular weight is 408 g/mol. The van der Waals surface area contributed by atoms with Gasteiger partial charge in [-0.15, -0.1) is 11.3 Å². The lowest BCUT2D eigenvalue weighted by molar-refractivity contribution is -0.137. The molecule has 1 N–H and O–H groups in total. The highest BCUT2D eigenvalue weighted by atomic mass is 32.1. The first-order valence-corrected chi connectivity index (χ1v) is 9.23. The molecule has 1 heterocycles. The van der Waals surface area contributed by atoms with Gasteiger partial charge in [0.05, 0.1) is 11.3 Å². The number of nitrogens with zero attached hydrogens (tertiary/aromatic N) is 1. The van der Waals surface area contributed by atoms with Gasteiger partial charge in [0, 0.05) is 29.0 Å². The first kappa shape index (κ1) is 20.0. The van der Waals surface area contributed by atoms with Crippen LogP contribution in [0.15, 0.2) is 48.5 Å². The van der Waals surface area contributed by atoms with Gasteiger partial charge in [0.2, 0.25) is 0 Å². The molecule has 2 aromatic carbocycles. The van der Waals surface area contributed by atoms with Crippen LogP contribution in [0.5, 0.6) is 0 Å². The summed E-state index contributed by atoms with van der Waals surface area (Å²) in [7, 11) is 0. The number of aromatic nitrogens is 1. The molecule has 0 aliphatic heterocycles. The Morgan fingerprint density at radius 3 is 2.32 bits per heavy atom. The SMILES string of the molecule is Cc1nc(-c2ccc(F)cc2)sc1CCNC(=O)c1ccc(C(F)(F)F)cc1. The van der Waals surface area contributed by atoms with Crippen LogP contribution < -0.4 is 5.32 Å². The molecule has 0 saturated heterocycles. The minimum absolute atomic E-state index is 0.168. The van der Waals surface area contributed by atoms with Crippen molar-refractivity contribution < 1.29 is 22.4 Å². The summed E-state index contributed by atoms with van der Waals surface area (Å²) in [5.74, 6) is -0.752. The fraction of sp³-hybridized carbons (Fsp3) is 0.200. The molecule has 0 aliphatic carbocycles. The van der Waals surface area contributed by atoms with Crippen LogP contribution in [0.4, 0.5) is 17.6 Å². The lowest BCUT2D eigenvalue weighted by atomic mass is 10.1. The zero-order valence-corrected chi connectivity index (χ0v) is 15.6. The number of rotatable bonds is 5. The maximum Gasteiger partial charge on any atom is 0.416 e. The predicted octanol–water partition coefficient (Wildman–Crippen LogP) is 5.25. The van der Waals surface area contributed by atoms with Crippen molar-refractivity contribution in [3.63, 3.8) is 0 Å². The molecule has 3 aromatic rings. The van der Waals surface area contributed by atoms with E-state index in [1.807, 2.05) is 6.92 Å². The average Bonchev–Trinajstić information content (AvgIpc) is 3.02. The van der Waals surface area contributed by atoms with E-state index in [4.69, 9.17) is 0 Å². The molecule has 0 radical (unpaired) electrons. The minimum Gasteiger partial charge on any atom is -0.352 e. The normalized spacial score (nSPS) is 11.5. The molecule has 1 amide bonds. The number of hydrogen-bond acceptors (Lipinski definition) is 3. The predicted molar refractivity (Wildman–Crippen MR) is 99.7 cm³/mol. The zero-order chi connectivity index (χ0) is 20.3. The lowest BCUT2D eigenvalue weighted by Crippen LogP contribution is -2.25. The van der Waals surface area contributed by atoms with E-state index >= 15 is 0 Å². The van der Waals surface area contributed by atoms with Crippen molar-refractivity contribution in [2.75, 3.05) is 6.54 Å². The molecule has 0 saturated carbocycles. The molecule has 0 unspecified atom stereocenters. The minimum atomic E-state index is -4.43. The molecule has 1 aromatic heterocycles. The quantitative estimate of drug-likeness (QED) is 0.586. The number of carbonyl (C=O) groups excluding carboxylic acids is 1. The van der Waals surface area contributed by atoms with E-state index in [1.165, 1.54) is 23.5 Å². The summed E-state index contributed by atoms with van der Waals surface area (Å²) in [6.07, 6.45) is -3.89. The van der Waals surface area contributed by atoms with Crippen molar-refractivity contribution in [3.8, 4) is 10.6 Å². The number of amides is 1. The van der Waals surface area contributed by atoms with Gasteiger partial charge in [-0.05, 0) is 55.5 Å². The number of carbonyl (C=O) groups is 1. The molecule has 0 atom stereocenters. The Bertz CT molecular complexity index is 963. The topological polar surface area (TPSA) is 42.0 Å². The molecule has 8 heteroatoms. The van der Waals surface area contributed by atoms with E-state index in [0.29, 0.717) is 13.0 Å². The second-order valence-corrected chi connectivity index (χ2v) is 7.20. The van der Waals surface area contributed by atoms with E-state index in [1.54, 1.807) is 12.1 Å². The standard InChI is InChI=1S/C20H16F4N2OS/c1-12-17(28-19(26-12)14-4-8-16(21)9-5-14)10-11-25-18(27)13-2-6-15(7-3-13)20(22,23)24/h2-9H,10-11H2,1H3,(H,25,27). The van der Waals surface area contributed by atoms with Crippen molar-refractivity contribution >= 4 is 17.2 Å². The summed E-state index contributed by atoms with van der Waals surface area (Å²) in [6, 6.07) is 10.1. The second kappa shape index (κ2) is 8.10. The van der Waals surface area contributed by atoms with Crippen molar-refractivity contribution in [1.29, 1.82) is 0 Å². The van der Waals surface area contributed by atoms with Crippen molar-refractivity contribution in [1.82, 2.24) is 10.3 Å². The van der Waals surface area contributed by atoms with Crippen LogP contribution in [-0.2, 0) is 12.6 Å². The van der Waals surface area contributed by atoms with Crippen LogP contribution in [0, 0.1) is 12.7 Å². The number of aryl methyl sites for hydroxylation is 1. The number of nitrogens with one attached hydrogen (secondary N) is 1. The highest BCUT2D eigenvalue weighted by molar-refractivity contribution is 7.15. The van der Waals surface area contributed by atoms with Crippen LogP contribution in [-0.4, -0.2) is 17.4 Å². The molecule has 0 spiro atoms. The van der Waals surface area contributed by atoms with Gasteiger partial charge >= 0.3 is 6.18 Å². The summed E-state index contributed by atoms with van der Waals surface area (Å²) < 4.78 is 50.7. The monoisotopic (exact) mass is 408 g/mol. The van der Waals surface area contributed by atoms with Crippen LogP contribution in [0.1, 0.15) is 26.5 Å². The molecule has 0 fully saturated rings. The summed E-state index contributed by atoms with van der Waals surface area (Å²) in [5.41, 5.74) is 1.02. The number of halogens is 4. The Morgan fingerprint density at radius 1 is 1.07 bits per heavy atom. The van der Waals surface area contributed by atoms with Crippen molar-refractivity contribution in [2.45, 2.75) is 19.5 Å². The number of benzene rings is 2. The Kier molecular flexibility index (Phi) is 5.79. The van der Waals surface area contributed by atoms with Gasteiger partial charge in [-0.1, -0.05) is 0 Å². The van der Waals surface area contributed by atoms with Crippen LogP contribution in [0.25, 0.3) is 10.6 Å². The fourth-order valence-corrected chi connectivity index (χ4v) is 3.65. The fourth-order valence-electron chi connectivity index (χ4n) is 2.58. The largest absolute Gasteiger partial charge is 0.416 e. The highest BCUT2D eigenvalue weighted by Gasteiger charge is 2.30. The maximum absolute atomic E-state index is 13.0. The van der Waals surface area contributed by atoms with E-state index in [2.05, 4.69) is 10.3 Å².